The molecule has 5 aromatic heterocycles. The minimum absolute atomic E-state index is 0.111. The van der Waals surface area contributed by atoms with Crippen LogP contribution in [-0.4, -0.2) is 65.3 Å². The average Bonchev–Trinajstić information content (AvgIpc) is 3.44. The van der Waals surface area contributed by atoms with Gasteiger partial charge in [0.1, 0.15) is 35.6 Å². The summed E-state index contributed by atoms with van der Waals surface area (Å²) in [6.07, 6.45) is 4.34. The van der Waals surface area contributed by atoms with Gasteiger partial charge in [0.15, 0.2) is 11.5 Å². The van der Waals surface area contributed by atoms with E-state index in [1.165, 1.54) is 6.07 Å². The van der Waals surface area contributed by atoms with Crippen molar-refractivity contribution in [3.8, 4) is 34.5 Å². The van der Waals surface area contributed by atoms with E-state index in [-0.39, 0.29) is 10.5 Å². The lowest BCUT2D eigenvalue weighted by molar-refractivity contribution is -0.894. The number of nitrogens with two attached hydrogens (primary N) is 1. The number of halogens is 1. The first-order chi connectivity index (χ1) is 21.9. The molecule has 1 aromatic carbocycles. The third-order valence-corrected chi connectivity index (χ3v) is 7.86. The van der Waals surface area contributed by atoms with Gasteiger partial charge in [0.25, 0.3) is 0 Å². The first-order valence-corrected chi connectivity index (χ1v) is 14.3. The Morgan fingerprint density at radius 3 is 2.42 bits per heavy atom. The van der Waals surface area contributed by atoms with Crippen LogP contribution in [-0.2, 0) is 6.54 Å². The summed E-state index contributed by atoms with van der Waals surface area (Å²) in [6, 6.07) is 21.7. The SMILES string of the molecule is N#Cc1nccc(N2CC[N+]([O-])(Cc3ccc(-n4c(-c5cccnc5N)nc5ccc(-c6ccc(F)cn6)nc54)cc3)CC2)n1. The normalized spacial score (nSPS) is 14.4. The molecule has 1 saturated heterocycles. The summed E-state index contributed by atoms with van der Waals surface area (Å²) in [7, 11) is 0. The largest absolute Gasteiger partial charge is 0.632 e. The van der Waals surface area contributed by atoms with Crippen LogP contribution in [0.1, 0.15) is 11.4 Å². The Balaban J connectivity index is 1.19. The number of hydroxylamine groups is 3. The highest BCUT2D eigenvalue weighted by molar-refractivity contribution is 5.84. The van der Waals surface area contributed by atoms with E-state index in [1.807, 2.05) is 51.9 Å². The van der Waals surface area contributed by atoms with Crippen LogP contribution in [0.4, 0.5) is 16.0 Å². The fraction of sp³-hybridized carbons (Fsp3) is 0.156. The zero-order chi connectivity index (χ0) is 31.0. The van der Waals surface area contributed by atoms with Crippen LogP contribution < -0.4 is 10.6 Å². The summed E-state index contributed by atoms with van der Waals surface area (Å²) >= 11 is 0. The number of nitrogens with zero attached hydrogens (tertiary/aromatic N) is 10. The predicted octanol–water partition coefficient (Wildman–Crippen LogP) is 4.26. The Kier molecular flexibility index (Phi) is 7.05. The molecule has 0 radical (unpaired) electrons. The van der Waals surface area contributed by atoms with E-state index in [4.69, 9.17) is 21.0 Å². The number of nitrogen functional groups attached to an aromatic ring is 1. The van der Waals surface area contributed by atoms with E-state index in [0.717, 1.165) is 17.4 Å². The number of aromatic nitrogens is 7. The Labute approximate surface area is 257 Å². The number of piperazine rings is 1. The van der Waals surface area contributed by atoms with E-state index in [1.54, 1.807) is 36.7 Å². The molecular formula is C32H26FN11O. The van der Waals surface area contributed by atoms with E-state index >= 15 is 0 Å². The quantitative estimate of drug-likeness (QED) is 0.217. The van der Waals surface area contributed by atoms with Gasteiger partial charge in [-0.15, -0.1) is 0 Å². The second-order valence-corrected chi connectivity index (χ2v) is 10.8. The number of anilines is 2. The van der Waals surface area contributed by atoms with Crippen LogP contribution in [0.25, 0.3) is 39.6 Å². The van der Waals surface area contributed by atoms with Crippen LogP contribution >= 0.6 is 0 Å². The van der Waals surface area contributed by atoms with Crippen molar-refractivity contribution >= 4 is 22.8 Å². The van der Waals surface area contributed by atoms with E-state index in [0.29, 0.717) is 78.3 Å². The van der Waals surface area contributed by atoms with E-state index < -0.39 is 5.82 Å². The molecule has 13 heteroatoms. The zero-order valence-corrected chi connectivity index (χ0v) is 24.0. The molecule has 2 N–H and O–H groups in total. The number of quaternary nitrogens is 1. The van der Waals surface area contributed by atoms with Crippen molar-refractivity contribution in [1.82, 2.24) is 34.5 Å². The summed E-state index contributed by atoms with van der Waals surface area (Å²) in [4.78, 5) is 28.4. The lowest BCUT2D eigenvalue weighted by atomic mass is 10.1. The number of hydrogen-bond donors (Lipinski definition) is 1. The van der Waals surface area contributed by atoms with Crippen molar-refractivity contribution in [1.29, 1.82) is 5.26 Å². The molecule has 0 bridgehead atoms. The van der Waals surface area contributed by atoms with Crippen LogP contribution in [0.15, 0.2) is 85.3 Å². The highest BCUT2D eigenvalue weighted by Gasteiger charge is 2.27. The summed E-state index contributed by atoms with van der Waals surface area (Å²) in [5, 5.41) is 22.8. The molecule has 1 aliphatic heterocycles. The molecule has 1 fully saturated rings. The number of benzene rings is 1. The molecule has 6 aromatic rings. The van der Waals surface area contributed by atoms with Gasteiger partial charge in [-0.2, -0.15) is 5.26 Å². The third-order valence-electron chi connectivity index (χ3n) is 7.86. The lowest BCUT2D eigenvalue weighted by Gasteiger charge is -2.48. The first kappa shape index (κ1) is 28.0. The maximum absolute atomic E-state index is 13.7. The second-order valence-electron chi connectivity index (χ2n) is 10.8. The summed E-state index contributed by atoms with van der Waals surface area (Å²) < 4.78 is 15.1. The number of pyridine rings is 3. The smallest absolute Gasteiger partial charge is 0.234 e. The number of imidazole rings is 1. The molecule has 0 aliphatic carbocycles. The van der Waals surface area contributed by atoms with Gasteiger partial charge in [-0.25, -0.2) is 29.3 Å². The Morgan fingerprint density at radius 2 is 1.69 bits per heavy atom. The van der Waals surface area contributed by atoms with Crippen LogP contribution in [0.3, 0.4) is 0 Å². The molecule has 222 valence electrons. The maximum atomic E-state index is 13.7. The highest BCUT2D eigenvalue weighted by Crippen LogP contribution is 2.32. The molecule has 0 saturated carbocycles. The van der Waals surface area contributed by atoms with Crippen LogP contribution in [0.5, 0.6) is 0 Å². The van der Waals surface area contributed by atoms with Gasteiger partial charge in [0.2, 0.25) is 5.82 Å². The summed E-state index contributed by atoms with van der Waals surface area (Å²) in [5.41, 5.74) is 10.9. The first-order valence-electron chi connectivity index (χ1n) is 14.3. The highest BCUT2D eigenvalue weighted by atomic mass is 19.1. The Bertz CT molecular complexity index is 2050. The number of nitriles is 1. The molecule has 6 heterocycles. The molecular weight excluding hydrogens is 573 g/mol. The Hall–Kier alpha value is -5.84. The van der Waals surface area contributed by atoms with Crippen molar-refractivity contribution in [2.24, 2.45) is 0 Å². The van der Waals surface area contributed by atoms with Crippen molar-refractivity contribution < 1.29 is 9.04 Å². The molecule has 12 nitrogen and oxygen atoms in total. The number of fused-ring (bicyclic) bond motifs is 1. The van der Waals surface area contributed by atoms with E-state index in [9.17, 15) is 9.60 Å². The molecule has 45 heavy (non-hydrogen) atoms. The second kappa shape index (κ2) is 11.3. The van der Waals surface area contributed by atoms with Gasteiger partial charge in [-0.05, 0) is 54.6 Å². The molecule has 0 amide bonds. The third kappa shape index (κ3) is 5.51. The maximum Gasteiger partial charge on any atom is 0.234 e. The van der Waals surface area contributed by atoms with Crippen molar-refractivity contribution in [3.63, 3.8) is 0 Å². The minimum atomic E-state index is -0.428. The van der Waals surface area contributed by atoms with Crippen molar-refractivity contribution in [3.05, 3.63) is 108 Å². The molecule has 7 rings (SSSR count). The fourth-order valence-electron chi connectivity index (χ4n) is 5.54. The number of hydrogen-bond acceptors (Lipinski definition) is 10. The fourth-order valence-corrected chi connectivity index (χ4v) is 5.54. The number of rotatable bonds is 6. The van der Waals surface area contributed by atoms with Crippen LogP contribution in [0.2, 0.25) is 0 Å². The average molecular weight is 600 g/mol. The van der Waals surface area contributed by atoms with E-state index in [2.05, 4.69) is 19.9 Å². The predicted molar refractivity (Wildman–Crippen MR) is 166 cm³/mol. The molecule has 1 aliphatic rings. The summed E-state index contributed by atoms with van der Waals surface area (Å²) in [6.45, 7) is 2.13. The monoisotopic (exact) mass is 599 g/mol. The van der Waals surface area contributed by atoms with Gasteiger partial charge in [0.05, 0.1) is 49.3 Å². The van der Waals surface area contributed by atoms with Gasteiger partial charge in [-0.1, -0.05) is 12.1 Å². The van der Waals surface area contributed by atoms with Crippen LogP contribution in [0, 0.1) is 22.4 Å². The minimum Gasteiger partial charge on any atom is -0.632 e. The van der Waals surface area contributed by atoms with Crippen molar-refractivity contribution in [2.45, 2.75) is 6.54 Å². The standard InChI is InChI=1S/C32H26FN11O/c33-22-5-8-25(38-19-22)26-9-10-27-32(39-26)43(31(40-27)24-2-1-12-37-30(24)35)23-6-3-21(4-7-23)20-44(45)16-14-42(15-17-44)29-11-13-36-28(18-34)41-29/h1-13,19H,14-17,20H2,(H2,35,37). The van der Waals surface area contributed by atoms with Gasteiger partial charge >= 0.3 is 0 Å². The summed E-state index contributed by atoms with van der Waals surface area (Å²) in [5.74, 6) is 1.23. The van der Waals surface area contributed by atoms with Gasteiger partial charge in [0, 0.05) is 23.6 Å². The topological polar surface area (TPSA) is 158 Å². The zero-order valence-electron chi connectivity index (χ0n) is 24.0. The Morgan fingerprint density at radius 1 is 0.889 bits per heavy atom. The lowest BCUT2D eigenvalue weighted by Crippen LogP contribution is -2.55. The molecule has 0 atom stereocenters. The van der Waals surface area contributed by atoms with Gasteiger partial charge in [-0.3, -0.25) is 9.55 Å². The molecule has 0 unspecified atom stereocenters. The van der Waals surface area contributed by atoms with Crippen molar-refractivity contribution in [2.75, 3.05) is 36.8 Å². The molecule has 0 spiro atoms. The van der Waals surface area contributed by atoms with Gasteiger partial charge < -0.3 is 20.5 Å².